The van der Waals surface area contributed by atoms with Crippen molar-refractivity contribution in [2.24, 2.45) is 0 Å². The number of esters is 1. The van der Waals surface area contributed by atoms with Crippen LogP contribution in [0.2, 0.25) is 0 Å². The normalized spacial score (nSPS) is 14.2. The van der Waals surface area contributed by atoms with Crippen LogP contribution in [0, 0.1) is 12.0 Å². The lowest BCUT2D eigenvalue weighted by Crippen LogP contribution is -2.07. The van der Waals surface area contributed by atoms with Crippen molar-refractivity contribution in [1.29, 1.82) is 0 Å². The number of hydrogen-bond acceptors (Lipinski definition) is 2. The molecule has 0 N–H and O–H groups in total. The van der Waals surface area contributed by atoms with Crippen LogP contribution in [0.4, 0.5) is 0 Å². The minimum atomic E-state index is -0.298. The fraction of sp³-hybridized carbons (Fsp3) is 0.267. The molecule has 1 aliphatic rings. The summed E-state index contributed by atoms with van der Waals surface area (Å²) in [5, 5.41) is 0. The van der Waals surface area contributed by atoms with Crippen LogP contribution >= 0.6 is 0 Å². The van der Waals surface area contributed by atoms with E-state index < -0.39 is 0 Å². The average molecular weight is 226 g/mol. The molecule has 0 unspecified atom stereocenters. The number of ether oxygens (including phenoxy) is 1. The van der Waals surface area contributed by atoms with Crippen LogP contribution in [0.25, 0.3) is 0 Å². The number of hydrogen-bond donors (Lipinski definition) is 0. The molecule has 0 spiro atoms. The summed E-state index contributed by atoms with van der Waals surface area (Å²) in [7, 11) is 0. The van der Waals surface area contributed by atoms with Crippen LogP contribution in [-0.2, 0) is 9.53 Å². The molecule has 2 heteroatoms. The van der Waals surface area contributed by atoms with Crippen LogP contribution < -0.4 is 0 Å². The molecule has 0 saturated heterocycles. The molecule has 2 nitrogen and oxygen atoms in total. The van der Waals surface area contributed by atoms with Crippen LogP contribution in [0.5, 0.6) is 0 Å². The van der Waals surface area contributed by atoms with Crippen molar-refractivity contribution in [3.63, 3.8) is 0 Å². The molecule has 0 radical (unpaired) electrons. The van der Waals surface area contributed by atoms with Crippen molar-refractivity contribution >= 4 is 5.97 Å². The third kappa shape index (κ3) is 3.49. The molecule has 0 fully saturated rings. The largest absolute Gasteiger partial charge is 0.368 e. The highest BCUT2D eigenvalue weighted by atomic mass is 16.5. The molecule has 1 aliphatic carbocycles. The standard InChI is InChI=1S/C15H14O2/c16-15(14-9-5-2-6-10-14)17-12-11-13-7-3-1-4-8-13/h1,3-4,7-9H,2,5-6,10H2. The Morgan fingerprint density at radius 2 is 2.00 bits per heavy atom. The first-order chi connectivity index (χ1) is 8.36. The zero-order valence-electron chi connectivity index (χ0n) is 9.61. The molecule has 17 heavy (non-hydrogen) atoms. The molecule has 0 heterocycles. The maximum absolute atomic E-state index is 11.6. The van der Waals surface area contributed by atoms with Gasteiger partial charge in [-0.1, -0.05) is 24.3 Å². The van der Waals surface area contributed by atoms with E-state index in [1.165, 1.54) is 0 Å². The van der Waals surface area contributed by atoms with E-state index in [2.05, 4.69) is 12.0 Å². The zero-order chi connectivity index (χ0) is 11.9. The van der Waals surface area contributed by atoms with Crippen LogP contribution in [0.15, 0.2) is 42.0 Å². The molecule has 0 aliphatic heterocycles. The van der Waals surface area contributed by atoms with Gasteiger partial charge < -0.3 is 4.74 Å². The van der Waals surface area contributed by atoms with Crippen LogP contribution in [0.1, 0.15) is 31.2 Å². The van der Waals surface area contributed by atoms with Gasteiger partial charge in [-0.3, -0.25) is 0 Å². The van der Waals surface area contributed by atoms with Crippen molar-refractivity contribution in [1.82, 2.24) is 0 Å². The summed E-state index contributed by atoms with van der Waals surface area (Å²) in [6.45, 7) is 0. The van der Waals surface area contributed by atoms with Gasteiger partial charge in [-0.15, -0.1) is 0 Å². The minimum absolute atomic E-state index is 0.298. The second-order valence-corrected chi connectivity index (χ2v) is 3.96. The molecule has 86 valence electrons. The van der Waals surface area contributed by atoms with Crippen molar-refractivity contribution in [3.05, 3.63) is 47.5 Å². The predicted octanol–water partition coefficient (Wildman–Crippen LogP) is 3.04. The van der Waals surface area contributed by atoms with E-state index in [0.29, 0.717) is 0 Å². The van der Waals surface area contributed by atoms with Crippen molar-refractivity contribution in [2.45, 2.75) is 25.7 Å². The van der Waals surface area contributed by atoms with Gasteiger partial charge in [-0.05, 0) is 43.7 Å². The van der Waals surface area contributed by atoms with Gasteiger partial charge in [-0.2, -0.15) is 0 Å². The summed E-state index contributed by atoms with van der Waals surface area (Å²) in [5.74, 6) is 2.50. The Bertz CT molecular complexity index is 475. The second kappa shape index (κ2) is 5.91. The molecule has 1 aromatic carbocycles. The van der Waals surface area contributed by atoms with Gasteiger partial charge in [0.2, 0.25) is 0 Å². The lowest BCUT2D eigenvalue weighted by Gasteiger charge is -2.08. The first-order valence-corrected chi connectivity index (χ1v) is 5.82. The van der Waals surface area contributed by atoms with Crippen molar-refractivity contribution < 1.29 is 9.53 Å². The van der Waals surface area contributed by atoms with Gasteiger partial charge >= 0.3 is 5.97 Å². The molecule has 2 rings (SSSR count). The van der Waals surface area contributed by atoms with Gasteiger partial charge in [0.25, 0.3) is 0 Å². The monoisotopic (exact) mass is 226 g/mol. The zero-order valence-corrected chi connectivity index (χ0v) is 9.61. The van der Waals surface area contributed by atoms with Crippen molar-refractivity contribution in [2.75, 3.05) is 0 Å². The molecule has 0 aromatic heterocycles. The average Bonchev–Trinajstić information content (AvgIpc) is 2.41. The highest BCUT2D eigenvalue weighted by molar-refractivity contribution is 5.89. The van der Waals surface area contributed by atoms with Gasteiger partial charge in [0.1, 0.15) is 6.11 Å². The molecule has 0 bridgehead atoms. The van der Waals surface area contributed by atoms with E-state index in [-0.39, 0.29) is 5.97 Å². The summed E-state index contributed by atoms with van der Waals surface area (Å²) in [6.07, 6.45) is 8.41. The minimum Gasteiger partial charge on any atom is -0.368 e. The molecule has 0 atom stereocenters. The lowest BCUT2D eigenvalue weighted by molar-refractivity contribution is -0.132. The summed E-state index contributed by atoms with van der Waals surface area (Å²) in [4.78, 5) is 11.6. The maximum atomic E-state index is 11.6. The third-order valence-electron chi connectivity index (χ3n) is 2.67. The van der Waals surface area contributed by atoms with E-state index in [4.69, 9.17) is 4.74 Å². The fourth-order valence-corrected chi connectivity index (χ4v) is 1.74. The van der Waals surface area contributed by atoms with Gasteiger partial charge in [-0.25, -0.2) is 4.79 Å². The van der Waals surface area contributed by atoms with Gasteiger partial charge in [0.05, 0.1) is 0 Å². The van der Waals surface area contributed by atoms with Crippen molar-refractivity contribution in [3.8, 4) is 12.0 Å². The number of carbonyl (C=O) groups is 1. The third-order valence-corrected chi connectivity index (χ3v) is 2.67. The smallest absolute Gasteiger partial charge is 0.347 e. The molecule has 0 amide bonds. The predicted molar refractivity (Wildman–Crippen MR) is 66.0 cm³/mol. The maximum Gasteiger partial charge on any atom is 0.347 e. The van der Waals surface area contributed by atoms with Crippen LogP contribution in [0.3, 0.4) is 0 Å². The van der Waals surface area contributed by atoms with E-state index in [9.17, 15) is 4.79 Å². The molecular weight excluding hydrogens is 212 g/mol. The highest BCUT2D eigenvalue weighted by Crippen LogP contribution is 2.18. The summed E-state index contributed by atoms with van der Waals surface area (Å²) >= 11 is 0. The Morgan fingerprint density at radius 3 is 2.71 bits per heavy atom. The summed E-state index contributed by atoms with van der Waals surface area (Å²) in [6, 6.07) is 9.47. The number of benzene rings is 1. The Kier molecular flexibility index (Phi) is 3.99. The van der Waals surface area contributed by atoms with Gasteiger partial charge in [0, 0.05) is 11.1 Å². The Labute approximate surface area is 101 Å². The molecule has 0 saturated carbocycles. The Balaban J connectivity index is 1.92. The van der Waals surface area contributed by atoms with Gasteiger partial charge in [0.15, 0.2) is 0 Å². The lowest BCUT2D eigenvalue weighted by atomic mass is 10.00. The van der Waals surface area contributed by atoms with Crippen LogP contribution in [-0.4, -0.2) is 5.97 Å². The second-order valence-electron chi connectivity index (χ2n) is 3.96. The Morgan fingerprint density at radius 1 is 1.18 bits per heavy atom. The first kappa shape index (κ1) is 11.5. The topological polar surface area (TPSA) is 26.3 Å². The highest BCUT2D eigenvalue weighted by Gasteiger charge is 2.12. The number of allylic oxidation sites excluding steroid dienone is 1. The summed E-state index contributed by atoms with van der Waals surface area (Å²) < 4.78 is 4.92. The fourth-order valence-electron chi connectivity index (χ4n) is 1.74. The first-order valence-electron chi connectivity index (χ1n) is 5.82. The van der Waals surface area contributed by atoms with E-state index in [1.54, 1.807) is 0 Å². The van der Waals surface area contributed by atoms with E-state index in [1.807, 2.05) is 36.4 Å². The summed E-state index contributed by atoms with van der Waals surface area (Å²) in [5.41, 5.74) is 1.61. The van der Waals surface area contributed by atoms with E-state index >= 15 is 0 Å². The SMILES string of the molecule is O=C(OC#Cc1ccccc1)C1=CCCCC1. The quantitative estimate of drug-likeness (QED) is 0.543. The van der Waals surface area contributed by atoms with E-state index in [0.717, 1.165) is 36.8 Å². The molecule has 1 aromatic rings. The number of carbonyl (C=O) groups excluding carboxylic acids is 1. The number of rotatable bonds is 1. The Hall–Kier alpha value is -2.01. The molecular formula is C15H14O2.